The number of sulfonamides is 1. The highest BCUT2D eigenvalue weighted by Gasteiger charge is 2.29. The lowest BCUT2D eigenvalue weighted by Crippen LogP contribution is -2.45. The van der Waals surface area contributed by atoms with Gasteiger partial charge in [0, 0.05) is 31.7 Å². The molecule has 4 rings (SSSR count). The monoisotopic (exact) mass is 421 g/mol. The molecule has 2 aliphatic rings. The lowest BCUT2D eigenvalue weighted by Gasteiger charge is -2.35. The fraction of sp³-hybridized carbons (Fsp3) is 0.600. The van der Waals surface area contributed by atoms with Crippen LogP contribution in [0.25, 0.3) is 11.1 Å². The van der Waals surface area contributed by atoms with Crippen molar-refractivity contribution in [2.75, 3.05) is 19.6 Å². The number of hydrogen-bond donors (Lipinski definition) is 0. The largest absolute Gasteiger partial charge is 0.420 e. The van der Waals surface area contributed by atoms with Crippen LogP contribution < -0.4 is 5.76 Å². The topological polar surface area (TPSA) is 92.8 Å². The molecule has 3 heterocycles. The van der Waals surface area contributed by atoms with Crippen LogP contribution in [0.2, 0.25) is 0 Å². The number of amides is 1. The van der Waals surface area contributed by atoms with Crippen LogP contribution in [0.1, 0.15) is 45.4 Å². The third-order valence-corrected chi connectivity index (χ3v) is 7.95. The predicted molar refractivity (Wildman–Crippen MR) is 108 cm³/mol. The molecule has 2 aromatic rings. The highest BCUT2D eigenvalue weighted by atomic mass is 32.2. The Hall–Kier alpha value is -2.13. The zero-order valence-electron chi connectivity index (χ0n) is 16.7. The van der Waals surface area contributed by atoms with E-state index in [-0.39, 0.29) is 29.0 Å². The van der Waals surface area contributed by atoms with Crippen LogP contribution in [0.5, 0.6) is 0 Å². The van der Waals surface area contributed by atoms with Crippen molar-refractivity contribution in [3.63, 3.8) is 0 Å². The summed E-state index contributed by atoms with van der Waals surface area (Å²) in [7, 11) is -3.60. The number of nitrogens with zero attached hydrogens (tertiary/aromatic N) is 3. The zero-order valence-corrected chi connectivity index (χ0v) is 17.5. The van der Waals surface area contributed by atoms with E-state index in [1.165, 1.54) is 21.0 Å². The predicted octanol–water partition coefficient (Wildman–Crippen LogP) is 2.17. The van der Waals surface area contributed by atoms with E-state index in [4.69, 9.17) is 4.42 Å². The van der Waals surface area contributed by atoms with E-state index < -0.39 is 15.8 Å². The molecule has 1 amide bonds. The minimum Gasteiger partial charge on any atom is -0.408 e. The molecule has 2 aliphatic heterocycles. The minimum atomic E-state index is -3.60. The fourth-order valence-corrected chi connectivity index (χ4v) is 5.95. The zero-order chi connectivity index (χ0) is 20.6. The van der Waals surface area contributed by atoms with E-state index in [1.807, 2.05) is 4.90 Å². The van der Waals surface area contributed by atoms with Gasteiger partial charge >= 0.3 is 5.76 Å². The number of likely N-dealkylation sites (tertiary alicyclic amines) is 1. The molecule has 2 fully saturated rings. The molecule has 29 heavy (non-hydrogen) atoms. The van der Waals surface area contributed by atoms with Gasteiger partial charge in [0.15, 0.2) is 5.58 Å². The van der Waals surface area contributed by atoms with Gasteiger partial charge in [-0.15, -0.1) is 0 Å². The highest BCUT2D eigenvalue weighted by molar-refractivity contribution is 7.89. The third-order valence-electron chi connectivity index (χ3n) is 6.05. The molecule has 2 saturated heterocycles. The number of rotatable bonds is 5. The van der Waals surface area contributed by atoms with E-state index in [0.717, 1.165) is 38.5 Å². The van der Waals surface area contributed by atoms with Crippen molar-refractivity contribution >= 4 is 27.0 Å². The molecule has 0 spiro atoms. The number of oxazole rings is 1. The Bertz CT molecular complexity index is 1070. The summed E-state index contributed by atoms with van der Waals surface area (Å²) in [6.07, 6.45) is 5.67. The van der Waals surface area contributed by atoms with Gasteiger partial charge in [0.2, 0.25) is 15.9 Å². The van der Waals surface area contributed by atoms with E-state index in [9.17, 15) is 18.0 Å². The lowest BCUT2D eigenvalue weighted by atomic mass is 10.00. The lowest BCUT2D eigenvalue weighted by molar-refractivity contribution is -0.135. The van der Waals surface area contributed by atoms with Crippen molar-refractivity contribution in [2.24, 2.45) is 0 Å². The third kappa shape index (κ3) is 3.73. The molecule has 8 nitrogen and oxygen atoms in total. The van der Waals surface area contributed by atoms with Crippen LogP contribution in [-0.2, 0) is 21.4 Å². The average molecular weight is 422 g/mol. The Morgan fingerprint density at radius 2 is 1.86 bits per heavy atom. The Morgan fingerprint density at radius 1 is 1.14 bits per heavy atom. The number of carbonyl (C=O) groups is 1. The molecule has 1 aromatic heterocycles. The Kier molecular flexibility index (Phi) is 5.52. The number of carbonyl (C=O) groups excluding carboxylic acids is 1. The number of piperidine rings is 1. The fourth-order valence-electron chi connectivity index (χ4n) is 4.41. The van der Waals surface area contributed by atoms with Gasteiger partial charge in [-0.1, -0.05) is 6.92 Å². The van der Waals surface area contributed by atoms with Crippen LogP contribution >= 0.6 is 0 Å². The SMILES string of the molecule is CCC1CCCCN1C(=O)Cn1c(=O)oc2cc(S(=O)(=O)N3CCCC3)ccc21. The molecule has 0 bridgehead atoms. The highest BCUT2D eigenvalue weighted by Crippen LogP contribution is 2.25. The quantitative estimate of drug-likeness (QED) is 0.738. The van der Waals surface area contributed by atoms with Crippen molar-refractivity contribution in [3.05, 3.63) is 28.7 Å². The molecule has 158 valence electrons. The first-order valence-electron chi connectivity index (χ1n) is 10.3. The molecular formula is C20H27N3O5S. The van der Waals surface area contributed by atoms with E-state index >= 15 is 0 Å². The summed E-state index contributed by atoms with van der Waals surface area (Å²) in [6, 6.07) is 4.65. The van der Waals surface area contributed by atoms with Gasteiger partial charge in [-0.3, -0.25) is 9.36 Å². The summed E-state index contributed by atoms with van der Waals surface area (Å²) in [5.74, 6) is -0.746. The molecule has 1 unspecified atom stereocenters. The number of fused-ring (bicyclic) bond motifs is 1. The normalized spacial score (nSPS) is 21.1. The van der Waals surface area contributed by atoms with Crippen LogP contribution in [0.4, 0.5) is 0 Å². The van der Waals surface area contributed by atoms with Gasteiger partial charge in [0.25, 0.3) is 0 Å². The molecular weight excluding hydrogens is 394 g/mol. The molecule has 0 aliphatic carbocycles. The first-order chi connectivity index (χ1) is 13.9. The molecule has 1 atom stereocenters. The number of aromatic nitrogens is 1. The van der Waals surface area contributed by atoms with E-state index in [0.29, 0.717) is 25.2 Å². The Labute approximate surface area is 170 Å². The second-order valence-corrected chi connectivity index (χ2v) is 9.78. The van der Waals surface area contributed by atoms with Crippen LogP contribution in [0.3, 0.4) is 0 Å². The summed E-state index contributed by atoms with van der Waals surface area (Å²) < 4.78 is 33.6. The summed E-state index contributed by atoms with van der Waals surface area (Å²) in [5, 5.41) is 0. The van der Waals surface area contributed by atoms with Crippen molar-refractivity contribution in [1.29, 1.82) is 0 Å². The molecule has 0 radical (unpaired) electrons. The summed E-state index contributed by atoms with van der Waals surface area (Å²) in [6.45, 7) is 3.70. The molecule has 1 aromatic carbocycles. The van der Waals surface area contributed by atoms with Crippen LogP contribution in [0, 0.1) is 0 Å². The van der Waals surface area contributed by atoms with Gasteiger partial charge in [0.1, 0.15) is 6.54 Å². The van der Waals surface area contributed by atoms with E-state index in [2.05, 4.69) is 6.92 Å². The van der Waals surface area contributed by atoms with Crippen molar-refractivity contribution in [3.8, 4) is 0 Å². The Morgan fingerprint density at radius 3 is 2.59 bits per heavy atom. The second-order valence-electron chi connectivity index (χ2n) is 7.84. The maximum atomic E-state index is 12.9. The first-order valence-corrected chi connectivity index (χ1v) is 11.8. The second kappa shape index (κ2) is 7.95. The maximum absolute atomic E-state index is 12.9. The molecule has 9 heteroatoms. The summed E-state index contributed by atoms with van der Waals surface area (Å²) >= 11 is 0. The number of hydrogen-bond acceptors (Lipinski definition) is 5. The van der Waals surface area contributed by atoms with Crippen molar-refractivity contribution in [2.45, 2.75) is 62.9 Å². The maximum Gasteiger partial charge on any atom is 0.420 e. The first kappa shape index (κ1) is 20.2. The number of benzene rings is 1. The summed E-state index contributed by atoms with van der Waals surface area (Å²) in [4.78, 5) is 27.2. The van der Waals surface area contributed by atoms with Crippen LogP contribution in [-0.4, -0.2) is 53.8 Å². The van der Waals surface area contributed by atoms with Crippen LogP contribution in [0.15, 0.2) is 32.3 Å². The summed E-state index contributed by atoms with van der Waals surface area (Å²) in [5.41, 5.74) is 0.627. The van der Waals surface area contributed by atoms with Gasteiger partial charge in [-0.2, -0.15) is 4.31 Å². The van der Waals surface area contributed by atoms with Gasteiger partial charge in [-0.05, 0) is 50.7 Å². The molecule has 0 N–H and O–H groups in total. The minimum absolute atomic E-state index is 0.0967. The molecule has 0 saturated carbocycles. The van der Waals surface area contributed by atoms with E-state index in [1.54, 1.807) is 6.07 Å². The average Bonchev–Trinajstić information content (AvgIpc) is 3.36. The smallest absolute Gasteiger partial charge is 0.408 e. The van der Waals surface area contributed by atoms with Gasteiger partial charge < -0.3 is 9.32 Å². The van der Waals surface area contributed by atoms with Crippen molar-refractivity contribution < 1.29 is 17.6 Å². The standard InChI is InChI=1S/C20H27N3O5S/c1-2-15-7-3-4-12-22(15)19(24)14-23-17-9-8-16(13-18(17)28-20(23)25)29(26,27)21-10-5-6-11-21/h8-9,13,15H,2-7,10-12,14H2,1H3. The Balaban J connectivity index is 1.62. The van der Waals surface area contributed by atoms with Crippen molar-refractivity contribution in [1.82, 2.24) is 13.8 Å². The van der Waals surface area contributed by atoms with Gasteiger partial charge in [-0.25, -0.2) is 13.2 Å². The van der Waals surface area contributed by atoms with Gasteiger partial charge in [0.05, 0.1) is 10.4 Å².